The quantitative estimate of drug-likeness (QED) is 0.550. The molecule has 0 aliphatic carbocycles. The molecule has 2 aromatic carbocycles. The van der Waals surface area contributed by atoms with Crippen molar-refractivity contribution in [2.45, 2.75) is 0 Å². The highest BCUT2D eigenvalue weighted by Crippen LogP contribution is 2.27. The second-order valence-electron chi connectivity index (χ2n) is 4.47. The Morgan fingerprint density at radius 1 is 1.00 bits per heavy atom. The molecule has 0 saturated heterocycles. The molecule has 0 bridgehead atoms. The number of fused-ring (bicyclic) bond motifs is 3. The number of aromatic amines is 1. The van der Waals surface area contributed by atoms with E-state index in [1.165, 1.54) is 12.1 Å². The molecule has 3 nitrogen and oxygen atoms in total. The molecule has 0 amide bonds. The van der Waals surface area contributed by atoms with Crippen LogP contribution in [-0.2, 0) is 0 Å². The minimum absolute atomic E-state index is 0.241. The highest BCUT2D eigenvalue weighted by molar-refractivity contribution is 6.05. The van der Waals surface area contributed by atoms with Gasteiger partial charge in [0.25, 0.3) is 0 Å². The van der Waals surface area contributed by atoms with E-state index in [2.05, 4.69) is 10.1 Å². The Hall–Kier alpha value is -2.62. The fourth-order valence-electron chi connectivity index (χ4n) is 2.43. The van der Waals surface area contributed by atoms with Crippen molar-refractivity contribution < 1.29 is 4.39 Å². The zero-order valence-corrected chi connectivity index (χ0v) is 9.97. The third kappa shape index (κ3) is 1.46. The third-order valence-corrected chi connectivity index (χ3v) is 3.28. The molecule has 92 valence electrons. The summed E-state index contributed by atoms with van der Waals surface area (Å²) in [6, 6.07) is 14.6. The first-order chi connectivity index (χ1) is 9.33. The Balaban J connectivity index is 2.12. The van der Waals surface area contributed by atoms with Gasteiger partial charge in [0, 0.05) is 10.9 Å². The molecule has 0 aliphatic rings. The summed E-state index contributed by atoms with van der Waals surface area (Å²) in [6.45, 7) is 0. The van der Waals surface area contributed by atoms with Crippen molar-refractivity contribution in [1.82, 2.24) is 14.8 Å². The molecule has 19 heavy (non-hydrogen) atoms. The summed E-state index contributed by atoms with van der Waals surface area (Å²) in [4.78, 5) is 3.25. The maximum atomic E-state index is 13.4. The van der Waals surface area contributed by atoms with Crippen LogP contribution in [0.4, 0.5) is 4.39 Å². The number of hydrogen-bond acceptors (Lipinski definition) is 1. The zero-order valence-electron chi connectivity index (χ0n) is 9.97. The number of halogens is 1. The van der Waals surface area contributed by atoms with E-state index in [1.54, 1.807) is 12.3 Å². The Morgan fingerprint density at radius 3 is 2.68 bits per heavy atom. The molecular weight excluding hydrogens is 241 g/mol. The van der Waals surface area contributed by atoms with Crippen LogP contribution in [0.2, 0.25) is 0 Å². The lowest BCUT2D eigenvalue weighted by Crippen LogP contribution is -1.94. The van der Waals surface area contributed by atoms with Gasteiger partial charge < -0.3 is 4.98 Å². The van der Waals surface area contributed by atoms with Crippen molar-refractivity contribution in [3.05, 3.63) is 60.5 Å². The number of benzene rings is 2. The highest BCUT2D eigenvalue weighted by atomic mass is 19.1. The molecule has 0 fully saturated rings. The smallest absolute Gasteiger partial charge is 0.124 e. The number of para-hydroxylation sites is 1. The van der Waals surface area contributed by atoms with Crippen LogP contribution in [0.15, 0.2) is 54.7 Å². The van der Waals surface area contributed by atoms with E-state index in [0.717, 1.165) is 27.6 Å². The van der Waals surface area contributed by atoms with Gasteiger partial charge in [0.1, 0.15) is 5.82 Å². The van der Waals surface area contributed by atoms with E-state index in [1.807, 2.05) is 35.0 Å². The van der Waals surface area contributed by atoms with Crippen molar-refractivity contribution in [3.63, 3.8) is 0 Å². The number of nitrogens with zero attached hydrogens (tertiary/aromatic N) is 2. The van der Waals surface area contributed by atoms with Crippen molar-refractivity contribution >= 4 is 21.9 Å². The molecule has 0 atom stereocenters. The molecule has 0 radical (unpaired) electrons. The summed E-state index contributed by atoms with van der Waals surface area (Å²) in [7, 11) is 0. The van der Waals surface area contributed by atoms with Gasteiger partial charge in [-0.25, -0.2) is 9.07 Å². The molecule has 2 aromatic heterocycles. The first-order valence-corrected chi connectivity index (χ1v) is 6.03. The fourth-order valence-corrected chi connectivity index (χ4v) is 2.43. The summed E-state index contributed by atoms with van der Waals surface area (Å²) >= 11 is 0. The molecule has 2 heterocycles. The number of rotatable bonds is 1. The van der Waals surface area contributed by atoms with Crippen LogP contribution in [0, 0.1) is 5.82 Å². The predicted molar refractivity (Wildman–Crippen MR) is 72.9 cm³/mol. The zero-order chi connectivity index (χ0) is 12.8. The van der Waals surface area contributed by atoms with Crippen molar-refractivity contribution in [2.75, 3.05) is 0 Å². The number of aromatic nitrogens is 3. The fraction of sp³-hybridized carbons (Fsp3) is 0. The lowest BCUT2D eigenvalue weighted by molar-refractivity contribution is 0.630. The molecule has 0 spiro atoms. The summed E-state index contributed by atoms with van der Waals surface area (Å²) < 4.78 is 15.3. The average molecular weight is 251 g/mol. The Morgan fingerprint density at radius 2 is 1.84 bits per heavy atom. The van der Waals surface area contributed by atoms with Crippen LogP contribution < -0.4 is 0 Å². The van der Waals surface area contributed by atoms with Gasteiger partial charge in [-0.15, -0.1) is 0 Å². The van der Waals surface area contributed by atoms with Gasteiger partial charge in [-0.2, -0.15) is 5.10 Å². The lowest BCUT2D eigenvalue weighted by Gasteiger charge is -2.02. The van der Waals surface area contributed by atoms with Gasteiger partial charge in [-0.05, 0) is 30.3 Å². The highest BCUT2D eigenvalue weighted by Gasteiger charge is 2.11. The largest absolute Gasteiger partial charge is 0.352 e. The number of hydrogen-bond donors (Lipinski definition) is 1. The standard InChI is InChI=1S/C15H10FN3/c16-10-6-7-13-12(8-10)15-14(18-13)9-17-19(15)11-4-2-1-3-5-11/h1-9,18H. The normalized spacial score (nSPS) is 11.4. The van der Waals surface area contributed by atoms with E-state index >= 15 is 0 Å². The lowest BCUT2D eigenvalue weighted by atomic mass is 10.2. The van der Waals surface area contributed by atoms with Gasteiger partial charge in [-0.1, -0.05) is 18.2 Å². The topological polar surface area (TPSA) is 33.6 Å². The molecule has 0 aliphatic heterocycles. The van der Waals surface area contributed by atoms with Crippen molar-refractivity contribution in [1.29, 1.82) is 0 Å². The average Bonchev–Trinajstić information content (AvgIpc) is 2.99. The second kappa shape index (κ2) is 3.68. The molecule has 4 aromatic rings. The summed E-state index contributed by atoms with van der Waals surface area (Å²) in [5.41, 5.74) is 3.69. The van der Waals surface area contributed by atoms with Gasteiger partial charge in [-0.3, -0.25) is 0 Å². The van der Waals surface area contributed by atoms with Crippen LogP contribution >= 0.6 is 0 Å². The van der Waals surface area contributed by atoms with Crippen molar-refractivity contribution in [2.24, 2.45) is 0 Å². The van der Waals surface area contributed by atoms with Gasteiger partial charge in [0.15, 0.2) is 0 Å². The first kappa shape index (κ1) is 10.3. The summed E-state index contributed by atoms with van der Waals surface area (Å²) in [6.07, 6.45) is 1.76. The van der Waals surface area contributed by atoms with Crippen LogP contribution in [-0.4, -0.2) is 14.8 Å². The number of nitrogens with one attached hydrogen (secondary N) is 1. The third-order valence-electron chi connectivity index (χ3n) is 3.28. The van der Waals surface area contributed by atoms with E-state index in [4.69, 9.17) is 0 Å². The van der Waals surface area contributed by atoms with Crippen molar-refractivity contribution in [3.8, 4) is 5.69 Å². The maximum Gasteiger partial charge on any atom is 0.124 e. The summed E-state index contributed by atoms with van der Waals surface area (Å²) in [5, 5.41) is 5.21. The first-order valence-electron chi connectivity index (χ1n) is 6.03. The van der Waals surface area contributed by atoms with Crippen LogP contribution in [0.1, 0.15) is 0 Å². The molecule has 0 unspecified atom stereocenters. The number of H-pyrrole nitrogens is 1. The van der Waals surface area contributed by atoms with Gasteiger partial charge in [0.05, 0.1) is 22.9 Å². The maximum absolute atomic E-state index is 13.4. The molecule has 1 N–H and O–H groups in total. The van der Waals surface area contributed by atoms with E-state index in [-0.39, 0.29) is 5.82 Å². The minimum Gasteiger partial charge on any atom is -0.352 e. The van der Waals surface area contributed by atoms with Crippen LogP contribution in [0.25, 0.3) is 27.6 Å². The second-order valence-corrected chi connectivity index (χ2v) is 4.47. The molecule has 4 heteroatoms. The van der Waals surface area contributed by atoms with Crippen LogP contribution in [0.5, 0.6) is 0 Å². The van der Waals surface area contributed by atoms with Gasteiger partial charge in [0.2, 0.25) is 0 Å². The van der Waals surface area contributed by atoms with E-state index in [9.17, 15) is 4.39 Å². The SMILES string of the molecule is Fc1ccc2[nH]c3cnn(-c4ccccc4)c3c2c1. The molecular formula is C15H10FN3. The minimum atomic E-state index is -0.241. The predicted octanol–water partition coefficient (Wildman–Crippen LogP) is 3.65. The van der Waals surface area contributed by atoms with Gasteiger partial charge >= 0.3 is 0 Å². The monoisotopic (exact) mass is 251 g/mol. The molecule has 0 saturated carbocycles. The Bertz CT molecular complexity index is 874. The molecule has 4 rings (SSSR count). The summed E-state index contributed by atoms with van der Waals surface area (Å²) in [5.74, 6) is -0.241. The van der Waals surface area contributed by atoms with E-state index < -0.39 is 0 Å². The Kier molecular flexibility index (Phi) is 2.00. The van der Waals surface area contributed by atoms with Crippen LogP contribution in [0.3, 0.4) is 0 Å². The van der Waals surface area contributed by atoms with E-state index in [0.29, 0.717) is 0 Å². The Labute approximate surface area is 108 Å².